The first-order chi connectivity index (χ1) is 14.1. The van der Waals surface area contributed by atoms with Gasteiger partial charge in [0.25, 0.3) is 5.91 Å². The predicted molar refractivity (Wildman–Crippen MR) is 119 cm³/mol. The Labute approximate surface area is 172 Å². The summed E-state index contributed by atoms with van der Waals surface area (Å²) in [5, 5.41) is 6.05. The second kappa shape index (κ2) is 9.68. The van der Waals surface area contributed by atoms with Crippen molar-refractivity contribution in [3.05, 3.63) is 72.2 Å². The van der Waals surface area contributed by atoms with Crippen molar-refractivity contribution >= 4 is 28.8 Å². The molecule has 0 spiro atoms. The molecule has 0 bridgehead atoms. The Balaban J connectivity index is 1.61. The summed E-state index contributed by atoms with van der Waals surface area (Å²) in [6.07, 6.45) is 4.04. The molecular weight excluding hydrogens is 362 g/mol. The average molecular weight is 390 g/mol. The maximum Gasteiger partial charge on any atom is 0.275 e. The molecule has 0 aliphatic heterocycles. The number of hydrogen-bond acceptors (Lipinski definition) is 5. The monoisotopic (exact) mass is 389 g/mol. The van der Waals surface area contributed by atoms with E-state index in [4.69, 9.17) is 0 Å². The molecule has 6 nitrogen and oxygen atoms in total. The summed E-state index contributed by atoms with van der Waals surface area (Å²) in [4.78, 5) is 23.2. The molecule has 3 aromatic rings. The maximum atomic E-state index is 12.4. The second-order valence-corrected chi connectivity index (χ2v) is 6.64. The normalized spacial score (nSPS) is 10.4. The topological polar surface area (TPSA) is 70.2 Å². The van der Waals surface area contributed by atoms with Gasteiger partial charge in [0.1, 0.15) is 11.5 Å². The van der Waals surface area contributed by atoms with Crippen LogP contribution in [0.25, 0.3) is 0 Å². The van der Waals surface area contributed by atoms with Crippen molar-refractivity contribution in [2.45, 2.75) is 27.2 Å². The van der Waals surface area contributed by atoms with E-state index in [0.717, 1.165) is 36.6 Å². The van der Waals surface area contributed by atoms with Crippen molar-refractivity contribution in [1.82, 2.24) is 9.97 Å². The zero-order chi connectivity index (χ0) is 20.6. The summed E-state index contributed by atoms with van der Waals surface area (Å²) in [6, 6.07) is 16.0. The van der Waals surface area contributed by atoms with Gasteiger partial charge in [0, 0.05) is 30.2 Å². The van der Waals surface area contributed by atoms with Crippen LogP contribution in [0.5, 0.6) is 0 Å². The summed E-state index contributed by atoms with van der Waals surface area (Å²) in [6.45, 7) is 8.26. The number of nitrogens with zero attached hydrogens (tertiary/aromatic N) is 3. The Hall–Kier alpha value is -3.41. The van der Waals surface area contributed by atoms with E-state index in [-0.39, 0.29) is 11.6 Å². The molecule has 1 heterocycles. The minimum absolute atomic E-state index is 0.268. The van der Waals surface area contributed by atoms with Crippen molar-refractivity contribution < 1.29 is 4.79 Å². The fraction of sp³-hybridized carbons (Fsp3) is 0.261. The summed E-state index contributed by atoms with van der Waals surface area (Å²) in [5.41, 5.74) is 4.34. The number of hydrogen-bond donors (Lipinski definition) is 2. The van der Waals surface area contributed by atoms with Crippen LogP contribution in [-0.4, -0.2) is 29.0 Å². The average Bonchev–Trinajstić information content (AvgIpc) is 2.77. The molecule has 0 atom stereocenters. The minimum atomic E-state index is -0.285. The van der Waals surface area contributed by atoms with Crippen LogP contribution < -0.4 is 15.5 Å². The molecule has 0 fully saturated rings. The number of rotatable bonds is 8. The van der Waals surface area contributed by atoms with E-state index in [9.17, 15) is 4.79 Å². The number of benzene rings is 2. The maximum absolute atomic E-state index is 12.4. The van der Waals surface area contributed by atoms with Gasteiger partial charge in [-0.15, -0.1) is 0 Å². The molecule has 1 amide bonds. The van der Waals surface area contributed by atoms with Gasteiger partial charge in [-0.25, -0.2) is 9.97 Å². The van der Waals surface area contributed by atoms with Crippen LogP contribution in [0.1, 0.15) is 36.8 Å². The van der Waals surface area contributed by atoms with Crippen molar-refractivity contribution in [2.75, 3.05) is 28.6 Å². The summed E-state index contributed by atoms with van der Waals surface area (Å²) < 4.78 is 0. The van der Waals surface area contributed by atoms with Gasteiger partial charge in [0.2, 0.25) is 0 Å². The molecule has 0 saturated carbocycles. The molecule has 6 heteroatoms. The smallest absolute Gasteiger partial charge is 0.275 e. The van der Waals surface area contributed by atoms with Crippen molar-refractivity contribution in [3.63, 3.8) is 0 Å². The Morgan fingerprint density at radius 1 is 0.862 bits per heavy atom. The quantitative estimate of drug-likeness (QED) is 0.574. The van der Waals surface area contributed by atoms with Gasteiger partial charge in [0.15, 0.2) is 0 Å². The van der Waals surface area contributed by atoms with E-state index in [1.165, 1.54) is 11.8 Å². The lowest BCUT2D eigenvalue weighted by atomic mass is 10.1. The fourth-order valence-corrected chi connectivity index (χ4v) is 3.02. The van der Waals surface area contributed by atoms with E-state index < -0.39 is 0 Å². The third kappa shape index (κ3) is 5.31. The summed E-state index contributed by atoms with van der Waals surface area (Å²) in [5.74, 6) is 0.307. The number of carbonyl (C=O) groups is 1. The van der Waals surface area contributed by atoms with Crippen LogP contribution in [-0.2, 0) is 6.42 Å². The zero-order valence-corrected chi connectivity index (χ0v) is 17.1. The highest BCUT2D eigenvalue weighted by Crippen LogP contribution is 2.19. The molecular formula is C23H27N5O. The van der Waals surface area contributed by atoms with Crippen LogP contribution in [0.15, 0.2) is 60.9 Å². The van der Waals surface area contributed by atoms with Crippen LogP contribution in [0.3, 0.4) is 0 Å². The Morgan fingerprint density at radius 2 is 1.52 bits per heavy atom. The van der Waals surface area contributed by atoms with Crippen LogP contribution in [0, 0.1) is 0 Å². The Kier molecular flexibility index (Phi) is 6.79. The first-order valence-electron chi connectivity index (χ1n) is 9.97. The van der Waals surface area contributed by atoms with Crippen molar-refractivity contribution in [2.24, 2.45) is 0 Å². The van der Waals surface area contributed by atoms with Gasteiger partial charge < -0.3 is 15.5 Å². The number of nitrogens with one attached hydrogen (secondary N) is 2. The molecule has 2 aromatic carbocycles. The molecule has 0 saturated heterocycles. The first kappa shape index (κ1) is 20.3. The molecule has 0 aliphatic rings. The van der Waals surface area contributed by atoms with Gasteiger partial charge >= 0.3 is 0 Å². The van der Waals surface area contributed by atoms with Gasteiger partial charge in [-0.1, -0.05) is 19.1 Å². The highest BCUT2D eigenvalue weighted by Gasteiger charge is 2.09. The lowest BCUT2D eigenvalue weighted by Gasteiger charge is -2.21. The number of anilines is 4. The van der Waals surface area contributed by atoms with Gasteiger partial charge in [0.05, 0.1) is 12.4 Å². The number of amides is 1. The minimum Gasteiger partial charge on any atom is -0.372 e. The van der Waals surface area contributed by atoms with Crippen LogP contribution in [0.4, 0.5) is 22.9 Å². The van der Waals surface area contributed by atoms with E-state index in [0.29, 0.717) is 5.82 Å². The Morgan fingerprint density at radius 3 is 2.07 bits per heavy atom. The van der Waals surface area contributed by atoms with E-state index in [1.54, 1.807) is 6.20 Å². The standard InChI is InChI=1S/C23H27N5O/c1-4-17-7-9-18(10-8-17)26-22-16-24-21(15-25-22)23(29)27-19-11-13-20(14-12-19)28(5-2)6-3/h7-16H,4-6H2,1-3H3,(H,25,26)(H,27,29). The second-order valence-electron chi connectivity index (χ2n) is 6.64. The molecule has 0 aliphatic carbocycles. The third-order valence-corrected chi connectivity index (χ3v) is 4.77. The highest BCUT2D eigenvalue weighted by atomic mass is 16.1. The molecule has 2 N–H and O–H groups in total. The largest absolute Gasteiger partial charge is 0.372 e. The van der Waals surface area contributed by atoms with Crippen LogP contribution in [0.2, 0.25) is 0 Å². The SMILES string of the molecule is CCc1ccc(Nc2cnc(C(=O)Nc3ccc(N(CC)CC)cc3)cn2)cc1. The lowest BCUT2D eigenvalue weighted by Crippen LogP contribution is -2.21. The van der Waals surface area contributed by atoms with Gasteiger partial charge in [-0.05, 0) is 62.2 Å². The molecule has 29 heavy (non-hydrogen) atoms. The molecule has 150 valence electrons. The van der Waals surface area contributed by atoms with Crippen molar-refractivity contribution in [1.29, 1.82) is 0 Å². The highest BCUT2D eigenvalue weighted by molar-refractivity contribution is 6.02. The first-order valence-corrected chi connectivity index (χ1v) is 9.97. The number of carbonyl (C=O) groups excluding carboxylic acids is 1. The fourth-order valence-electron chi connectivity index (χ4n) is 3.02. The van der Waals surface area contributed by atoms with Gasteiger partial charge in [-0.3, -0.25) is 4.79 Å². The van der Waals surface area contributed by atoms with Crippen molar-refractivity contribution in [3.8, 4) is 0 Å². The van der Waals surface area contributed by atoms with E-state index >= 15 is 0 Å². The third-order valence-electron chi connectivity index (χ3n) is 4.77. The number of aromatic nitrogens is 2. The summed E-state index contributed by atoms with van der Waals surface area (Å²) in [7, 11) is 0. The zero-order valence-electron chi connectivity index (χ0n) is 17.1. The molecule has 0 unspecified atom stereocenters. The van der Waals surface area contributed by atoms with Crippen LogP contribution >= 0.6 is 0 Å². The molecule has 1 aromatic heterocycles. The van der Waals surface area contributed by atoms with E-state index in [1.807, 2.05) is 36.4 Å². The number of aryl methyl sites for hydroxylation is 1. The van der Waals surface area contributed by atoms with Gasteiger partial charge in [-0.2, -0.15) is 0 Å². The lowest BCUT2D eigenvalue weighted by molar-refractivity contribution is 0.102. The Bertz CT molecular complexity index is 917. The molecule has 0 radical (unpaired) electrons. The predicted octanol–water partition coefficient (Wildman–Crippen LogP) is 4.88. The molecule has 3 rings (SSSR count). The summed E-state index contributed by atoms with van der Waals surface area (Å²) >= 11 is 0. The van der Waals surface area contributed by atoms with E-state index in [2.05, 4.69) is 58.4 Å².